The number of rotatable bonds is 6. The maximum absolute atomic E-state index is 9.55. The van der Waals surface area contributed by atoms with Crippen LogP contribution < -0.4 is 5.32 Å². The topological polar surface area (TPSA) is 41.5 Å². The van der Waals surface area contributed by atoms with Crippen molar-refractivity contribution in [1.82, 2.24) is 0 Å². The molecule has 1 aromatic carbocycles. The molecule has 1 rings (SSSR count). The molecule has 0 saturated heterocycles. The van der Waals surface area contributed by atoms with Crippen LogP contribution in [-0.2, 0) is 4.74 Å². The molecule has 0 radical (unpaired) electrons. The fourth-order valence-corrected chi connectivity index (χ4v) is 1.73. The molecule has 0 aromatic heterocycles. The molecule has 3 nitrogen and oxygen atoms in total. The Balaban J connectivity index is 2.48. The monoisotopic (exact) mass is 263 g/mol. The number of anilines is 1. The number of nitrogens with one attached hydrogen (secondary N) is 1. The highest BCUT2D eigenvalue weighted by molar-refractivity contribution is 6.39. The van der Waals surface area contributed by atoms with Crippen LogP contribution in [0.15, 0.2) is 18.2 Å². The Bertz CT molecular complexity index is 314. The van der Waals surface area contributed by atoms with Gasteiger partial charge in [0, 0.05) is 13.2 Å². The molecular formula is C11H15Cl2NO2. The average Bonchev–Trinajstić information content (AvgIpc) is 2.25. The molecule has 1 aromatic rings. The summed E-state index contributed by atoms with van der Waals surface area (Å²) in [4.78, 5) is 0. The van der Waals surface area contributed by atoms with Crippen LogP contribution in [0.2, 0.25) is 10.0 Å². The first-order valence-electron chi connectivity index (χ1n) is 5.08. The van der Waals surface area contributed by atoms with Crippen molar-refractivity contribution >= 4 is 28.9 Å². The van der Waals surface area contributed by atoms with Crippen LogP contribution in [0, 0.1) is 0 Å². The van der Waals surface area contributed by atoms with Gasteiger partial charge in [-0.2, -0.15) is 0 Å². The number of ether oxygens (including phenoxy) is 1. The zero-order valence-electron chi connectivity index (χ0n) is 9.04. The summed E-state index contributed by atoms with van der Waals surface area (Å²) in [5, 5.41) is 13.6. The van der Waals surface area contributed by atoms with Gasteiger partial charge in [0.15, 0.2) is 0 Å². The second-order valence-electron chi connectivity index (χ2n) is 3.29. The van der Waals surface area contributed by atoms with Crippen LogP contribution in [0.5, 0.6) is 0 Å². The third-order valence-corrected chi connectivity index (χ3v) is 2.62. The fourth-order valence-electron chi connectivity index (χ4n) is 1.20. The third kappa shape index (κ3) is 4.18. The Hall–Kier alpha value is -0.480. The summed E-state index contributed by atoms with van der Waals surface area (Å²) in [5.74, 6) is 0. The molecule has 0 saturated carbocycles. The summed E-state index contributed by atoms with van der Waals surface area (Å²) in [6, 6.07) is 5.25. The van der Waals surface area contributed by atoms with Gasteiger partial charge in [-0.15, -0.1) is 0 Å². The molecule has 1 atom stereocenters. The molecule has 0 aliphatic heterocycles. The van der Waals surface area contributed by atoms with Crippen molar-refractivity contribution < 1.29 is 9.84 Å². The van der Waals surface area contributed by atoms with E-state index < -0.39 is 6.10 Å². The lowest BCUT2D eigenvalue weighted by Gasteiger charge is -2.14. The van der Waals surface area contributed by atoms with E-state index >= 15 is 0 Å². The van der Waals surface area contributed by atoms with E-state index in [0.29, 0.717) is 35.5 Å². The summed E-state index contributed by atoms with van der Waals surface area (Å²) in [6.07, 6.45) is -0.577. The molecule has 0 heterocycles. The fraction of sp³-hybridized carbons (Fsp3) is 0.455. The standard InChI is InChI=1S/C11H15Cl2NO2/c1-2-16-7-8(15)6-14-11-9(12)4-3-5-10(11)13/h3-5,8,14-15H,2,6-7H2,1H3. The summed E-state index contributed by atoms with van der Waals surface area (Å²) < 4.78 is 5.09. The van der Waals surface area contributed by atoms with Crippen molar-refractivity contribution in [3.63, 3.8) is 0 Å². The minimum absolute atomic E-state index is 0.297. The second-order valence-corrected chi connectivity index (χ2v) is 4.11. The molecule has 16 heavy (non-hydrogen) atoms. The first kappa shape index (κ1) is 13.6. The maximum atomic E-state index is 9.55. The van der Waals surface area contributed by atoms with Gasteiger partial charge < -0.3 is 15.2 Å². The van der Waals surface area contributed by atoms with E-state index in [2.05, 4.69) is 5.32 Å². The Morgan fingerprint density at radius 2 is 2.00 bits per heavy atom. The van der Waals surface area contributed by atoms with Gasteiger partial charge in [0.25, 0.3) is 0 Å². The van der Waals surface area contributed by atoms with E-state index in [4.69, 9.17) is 27.9 Å². The van der Waals surface area contributed by atoms with Crippen molar-refractivity contribution in [2.45, 2.75) is 13.0 Å². The van der Waals surface area contributed by atoms with E-state index in [9.17, 15) is 5.11 Å². The molecule has 0 aliphatic rings. The van der Waals surface area contributed by atoms with Gasteiger partial charge in [-0.05, 0) is 19.1 Å². The number of hydrogen-bond acceptors (Lipinski definition) is 3. The Labute approximate surface area is 105 Å². The predicted octanol–water partition coefficient (Wildman–Crippen LogP) is 2.80. The van der Waals surface area contributed by atoms with Crippen LogP contribution in [0.4, 0.5) is 5.69 Å². The van der Waals surface area contributed by atoms with Crippen LogP contribution in [0.3, 0.4) is 0 Å². The van der Waals surface area contributed by atoms with Gasteiger partial charge in [0.2, 0.25) is 0 Å². The van der Waals surface area contributed by atoms with Crippen LogP contribution in [0.25, 0.3) is 0 Å². The van der Waals surface area contributed by atoms with Crippen molar-refractivity contribution in [3.8, 4) is 0 Å². The summed E-state index contributed by atoms with van der Waals surface area (Å²) >= 11 is 11.9. The summed E-state index contributed by atoms with van der Waals surface area (Å²) in [7, 11) is 0. The van der Waals surface area contributed by atoms with Gasteiger partial charge in [0.1, 0.15) is 0 Å². The largest absolute Gasteiger partial charge is 0.389 e. The number of hydrogen-bond donors (Lipinski definition) is 2. The van der Waals surface area contributed by atoms with Crippen LogP contribution >= 0.6 is 23.2 Å². The predicted molar refractivity (Wildman–Crippen MR) is 67.5 cm³/mol. The van der Waals surface area contributed by atoms with Crippen LogP contribution in [-0.4, -0.2) is 31.0 Å². The van der Waals surface area contributed by atoms with E-state index in [0.717, 1.165) is 0 Å². The highest BCUT2D eigenvalue weighted by atomic mass is 35.5. The first-order valence-corrected chi connectivity index (χ1v) is 5.84. The van der Waals surface area contributed by atoms with Gasteiger partial charge in [0.05, 0.1) is 28.4 Å². The quantitative estimate of drug-likeness (QED) is 0.830. The lowest BCUT2D eigenvalue weighted by atomic mass is 10.3. The lowest BCUT2D eigenvalue weighted by molar-refractivity contribution is 0.0496. The molecule has 5 heteroatoms. The Morgan fingerprint density at radius 3 is 2.56 bits per heavy atom. The number of aliphatic hydroxyl groups excluding tert-OH is 1. The van der Waals surface area contributed by atoms with E-state index in [-0.39, 0.29) is 0 Å². The van der Waals surface area contributed by atoms with Crippen molar-refractivity contribution in [2.24, 2.45) is 0 Å². The van der Waals surface area contributed by atoms with Crippen molar-refractivity contribution in [2.75, 3.05) is 25.1 Å². The molecule has 0 aliphatic carbocycles. The molecule has 0 spiro atoms. The summed E-state index contributed by atoms with van der Waals surface area (Å²) in [6.45, 7) is 3.12. The molecule has 0 fully saturated rings. The van der Waals surface area contributed by atoms with Crippen LogP contribution in [0.1, 0.15) is 6.92 Å². The summed E-state index contributed by atoms with van der Waals surface area (Å²) in [5.41, 5.74) is 0.640. The first-order chi connectivity index (χ1) is 7.65. The average molecular weight is 264 g/mol. The van der Waals surface area contributed by atoms with Crippen molar-refractivity contribution in [3.05, 3.63) is 28.2 Å². The molecule has 1 unspecified atom stereocenters. The highest BCUT2D eigenvalue weighted by Gasteiger charge is 2.08. The number of aliphatic hydroxyl groups is 1. The zero-order valence-corrected chi connectivity index (χ0v) is 10.6. The van der Waals surface area contributed by atoms with E-state index in [1.807, 2.05) is 6.92 Å². The smallest absolute Gasteiger partial charge is 0.0945 e. The van der Waals surface area contributed by atoms with Gasteiger partial charge in [-0.3, -0.25) is 0 Å². The number of para-hydroxylation sites is 1. The molecular weight excluding hydrogens is 249 g/mol. The molecule has 0 amide bonds. The highest BCUT2D eigenvalue weighted by Crippen LogP contribution is 2.29. The Kier molecular flexibility index (Phi) is 5.91. The second kappa shape index (κ2) is 6.97. The number of benzene rings is 1. The molecule has 90 valence electrons. The van der Waals surface area contributed by atoms with Gasteiger partial charge in [-0.25, -0.2) is 0 Å². The Morgan fingerprint density at radius 1 is 1.38 bits per heavy atom. The van der Waals surface area contributed by atoms with E-state index in [1.54, 1.807) is 18.2 Å². The lowest BCUT2D eigenvalue weighted by Crippen LogP contribution is -2.25. The number of halogens is 2. The van der Waals surface area contributed by atoms with Crippen molar-refractivity contribution in [1.29, 1.82) is 0 Å². The minimum Gasteiger partial charge on any atom is -0.389 e. The SMILES string of the molecule is CCOCC(O)CNc1c(Cl)cccc1Cl. The van der Waals surface area contributed by atoms with Gasteiger partial charge >= 0.3 is 0 Å². The van der Waals surface area contributed by atoms with Gasteiger partial charge in [-0.1, -0.05) is 29.3 Å². The van der Waals surface area contributed by atoms with E-state index in [1.165, 1.54) is 0 Å². The normalized spacial score (nSPS) is 12.5. The third-order valence-electron chi connectivity index (χ3n) is 1.99. The molecule has 0 bridgehead atoms. The maximum Gasteiger partial charge on any atom is 0.0945 e. The molecule has 2 N–H and O–H groups in total. The minimum atomic E-state index is -0.577. The zero-order chi connectivity index (χ0) is 12.0.